The minimum Gasteiger partial charge on any atom is -0.369 e. The van der Waals surface area contributed by atoms with E-state index in [1.54, 1.807) is 12.1 Å². The highest BCUT2D eigenvalue weighted by Crippen LogP contribution is 2.29. The topological polar surface area (TPSA) is 20.3 Å². The highest BCUT2D eigenvalue weighted by molar-refractivity contribution is 5.84. The molecule has 0 amide bonds. The Hall–Kier alpha value is -1.38. The molecular formula is C16H22FNO. The van der Waals surface area contributed by atoms with Gasteiger partial charge in [0.25, 0.3) is 0 Å². The molecule has 1 aliphatic heterocycles. The summed E-state index contributed by atoms with van der Waals surface area (Å²) in [7, 11) is 0. The number of carbonyl (C=O) groups excluding carboxylic acids is 1. The smallest absolute Gasteiger partial charge is 0.152 e. The first-order valence-electron chi connectivity index (χ1n) is 7.25. The molecule has 1 heterocycles. The highest BCUT2D eigenvalue weighted by Gasteiger charge is 2.20. The molecule has 0 aromatic heterocycles. The highest BCUT2D eigenvalue weighted by atomic mass is 19.1. The van der Waals surface area contributed by atoms with Crippen LogP contribution >= 0.6 is 0 Å². The van der Waals surface area contributed by atoms with E-state index in [2.05, 4.69) is 11.8 Å². The first kappa shape index (κ1) is 14.0. The molecule has 1 unspecified atom stereocenters. The van der Waals surface area contributed by atoms with Gasteiger partial charge < -0.3 is 4.90 Å². The average Bonchev–Trinajstić information content (AvgIpc) is 2.64. The van der Waals surface area contributed by atoms with Crippen LogP contribution in [0.1, 0.15) is 49.4 Å². The van der Waals surface area contributed by atoms with Crippen LogP contribution in [0.2, 0.25) is 0 Å². The van der Waals surface area contributed by atoms with Crippen molar-refractivity contribution in [1.82, 2.24) is 0 Å². The third-order valence-corrected chi connectivity index (χ3v) is 4.01. The average molecular weight is 263 g/mol. The Morgan fingerprint density at radius 1 is 1.37 bits per heavy atom. The number of halogens is 1. The van der Waals surface area contributed by atoms with Gasteiger partial charge in [-0.05, 0) is 37.3 Å². The Morgan fingerprint density at radius 3 is 2.95 bits per heavy atom. The van der Waals surface area contributed by atoms with E-state index in [9.17, 15) is 9.18 Å². The Labute approximate surface area is 114 Å². The fourth-order valence-corrected chi connectivity index (χ4v) is 3.05. The maximum atomic E-state index is 14.0. The molecule has 0 saturated carbocycles. The Morgan fingerprint density at radius 2 is 2.21 bits per heavy atom. The Balaban J connectivity index is 2.16. The van der Waals surface area contributed by atoms with Gasteiger partial charge in [-0.1, -0.05) is 25.8 Å². The van der Waals surface area contributed by atoms with Crippen LogP contribution in [0.3, 0.4) is 0 Å². The van der Waals surface area contributed by atoms with Crippen molar-refractivity contribution < 1.29 is 9.18 Å². The third-order valence-electron chi connectivity index (χ3n) is 4.01. The van der Waals surface area contributed by atoms with Gasteiger partial charge in [0, 0.05) is 18.7 Å². The van der Waals surface area contributed by atoms with Crippen molar-refractivity contribution in [2.75, 3.05) is 18.0 Å². The minimum absolute atomic E-state index is 0.279. The first-order chi connectivity index (χ1) is 9.26. The zero-order chi connectivity index (χ0) is 13.7. The van der Waals surface area contributed by atoms with Crippen molar-refractivity contribution in [3.63, 3.8) is 0 Å². The van der Waals surface area contributed by atoms with Gasteiger partial charge >= 0.3 is 0 Å². The molecule has 1 aromatic carbocycles. The molecule has 1 saturated heterocycles. The van der Waals surface area contributed by atoms with Gasteiger partial charge in [0.1, 0.15) is 5.82 Å². The van der Waals surface area contributed by atoms with Gasteiger partial charge in [-0.3, -0.25) is 4.79 Å². The number of para-hydroxylation sites is 1. The summed E-state index contributed by atoms with van der Waals surface area (Å²) in [5.74, 6) is 0.472. The second-order valence-electron chi connectivity index (χ2n) is 5.37. The summed E-state index contributed by atoms with van der Waals surface area (Å²) in [5.41, 5.74) is 0.962. The van der Waals surface area contributed by atoms with E-state index >= 15 is 0 Å². The molecule has 0 bridgehead atoms. The van der Waals surface area contributed by atoms with Crippen LogP contribution < -0.4 is 4.90 Å². The number of aldehydes is 1. The molecule has 1 aliphatic rings. The number of nitrogens with zero attached hydrogens (tertiary/aromatic N) is 1. The van der Waals surface area contributed by atoms with Crippen LogP contribution in [0.25, 0.3) is 0 Å². The second-order valence-corrected chi connectivity index (χ2v) is 5.37. The Bertz CT molecular complexity index is 433. The van der Waals surface area contributed by atoms with Crippen molar-refractivity contribution in [3.05, 3.63) is 29.6 Å². The summed E-state index contributed by atoms with van der Waals surface area (Å²) in [5, 5.41) is 0. The maximum Gasteiger partial charge on any atom is 0.152 e. The fraction of sp³-hybridized carbons (Fsp3) is 0.562. The van der Waals surface area contributed by atoms with Gasteiger partial charge in [-0.15, -0.1) is 0 Å². The van der Waals surface area contributed by atoms with Crippen LogP contribution in [0, 0.1) is 11.7 Å². The lowest BCUT2D eigenvalue weighted by Crippen LogP contribution is -2.26. The number of hydrogen-bond acceptors (Lipinski definition) is 2. The lowest BCUT2D eigenvalue weighted by atomic mass is 9.96. The molecule has 1 fully saturated rings. The van der Waals surface area contributed by atoms with Crippen LogP contribution in [-0.2, 0) is 0 Å². The first-order valence-corrected chi connectivity index (χ1v) is 7.25. The van der Waals surface area contributed by atoms with Crippen LogP contribution in [0.5, 0.6) is 0 Å². The fourth-order valence-electron chi connectivity index (χ4n) is 3.05. The van der Waals surface area contributed by atoms with E-state index < -0.39 is 0 Å². The largest absolute Gasteiger partial charge is 0.369 e. The van der Waals surface area contributed by atoms with Crippen LogP contribution in [0.4, 0.5) is 10.1 Å². The lowest BCUT2D eigenvalue weighted by molar-refractivity contribution is 0.112. The Kier molecular flexibility index (Phi) is 4.94. The van der Waals surface area contributed by atoms with Gasteiger partial charge in [0.2, 0.25) is 0 Å². The second kappa shape index (κ2) is 6.69. The molecule has 2 nitrogen and oxygen atoms in total. The summed E-state index contributed by atoms with van der Waals surface area (Å²) in [6, 6.07) is 4.73. The van der Waals surface area contributed by atoms with E-state index in [1.165, 1.54) is 25.3 Å². The molecule has 1 atom stereocenters. The molecule has 3 heteroatoms. The SMILES string of the molecule is CCCC1CCCN(c2c(F)cccc2C=O)CC1. The van der Waals surface area contributed by atoms with E-state index in [0.29, 0.717) is 11.3 Å². The molecule has 0 spiro atoms. The number of rotatable bonds is 4. The third kappa shape index (κ3) is 3.34. The standard InChI is InChI=1S/C16H22FNO/c1-2-5-13-6-4-10-18(11-9-13)16-14(12-19)7-3-8-15(16)17/h3,7-8,12-13H,2,4-6,9-11H2,1H3. The van der Waals surface area contributed by atoms with E-state index in [1.807, 2.05) is 0 Å². The predicted molar refractivity (Wildman–Crippen MR) is 76.2 cm³/mol. The van der Waals surface area contributed by atoms with Crippen molar-refractivity contribution in [3.8, 4) is 0 Å². The van der Waals surface area contributed by atoms with E-state index in [4.69, 9.17) is 0 Å². The van der Waals surface area contributed by atoms with Gasteiger partial charge in [0.05, 0.1) is 5.69 Å². The molecule has 19 heavy (non-hydrogen) atoms. The number of anilines is 1. The number of carbonyl (C=O) groups is 1. The molecule has 1 aromatic rings. The zero-order valence-electron chi connectivity index (χ0n) is 11.6. The van der Waals surface area contributed by atoms with E-state index in [-0.39, 0.29) is 5.82 Å². The predicted octanol–water partition coefficient (Wildman–Crippen LogP) is 4.04. The van der Waals surface area contributed by atoms with Gasteiger partial charge in [-0.25, -0.2) is 4.39 Å². The normalized spacial score (nSPS) is 20.1. The van der Waals surface area contributed by atoms with Crippen LogP contribution in [0.15, 0.2) is 18.2 Å². The molecule has 104 valence electrons. The molecule has 0 radical (unpaired) electrons. The molecule has 0 N–H and O–H groups in total. The summed E-state index contributed by atoms with van der Waals surface area (Å²) in [6.45, 7) is 3.92. The van der Waals surface area contributed by atoms with Crippen LogP contribution in [-0.4, -0.2) is 19.4 Å². The maximum absolute atomic E-state index is 14.0. The number of hydrogen-bond donors (Lipinski definition) is 0. The quantitative estimate of drug-likeness (QED) is 0.764. The summed E-state index contributed by atoms with van der Waals surface area (Å²) < 4.78 is 14.0. The van der Waals surface area contributed by atoms with Crippen molar-refractivity contribution >= 4 is 12.0 Å². The summed E-state index contributed by atoms with van der Waals surface area (Å²) in [4.78, 5) is 13.1. The van der Waals surface area contributed by atoms with Crippen molar-refractivity contribution in [1.29, 1.82) is 0 Å². The monoisotopic (exact) mass is 263 g/mol. The van der Waals surface area contributed by atoms with Gasteiger partial charge in [-0.2, -0.15) is 0 Å². The minimum atomic E-state index is -0.279. The van der Waals surface area contributed by atoms with Crippen molar-refractivity contribution in [2.45, 2.75) is 39.0 Å². The van der Waals surface area contributed by atoms with E-state index in [0.717, 1.165) is 38.1 Å². The summed E-state index contributed by atoms with van der Waals surface area (Å²) >= 11 is 0. The van der Waals surface area contributed by atoms with Crippen molar-refractivity contribution in [2.24, 2.45) is 5.92 Å². The molecule has 2 rings (SSSR count). The summed E-state index contributed by atoms with van der Waals surface area (Å²) in [6.07, 6.45) is 6.62. The molecular weight excluding hydrogens is 241 g/mol. The number of benzene rings is 1. The zero-order valence-corrected chi connectivity index (χ0v) is 11.6. The van der Waals surface area contributed by atoms with Gasteiger partial charge in [0.15, 0.2) is 6.29 Å². The molecule has 0 aliphatic carbocycles. The lowest BCUT2D eigenvalue weighted by Gasteiger charge is -2.24.